The highest BCUT2D eigenvalue weighted by Gasteiger charge is 2.27. The van der Waals surface area contributed by atoms with Crippen molar-refractivity contribution in [2.45, 2.75) is 52.4 Å². The number of furan rings is 2. The van der Waals surface area contributed by atoms with Crippen LogP contribution in [-0.2, 0) is 10.8 Å². The van der Waals surface area contributed by atoms with Gasteiger partial charge < -0.3 is 18.6 Å². The molecule has 0 N–H and O–H groups in total. The van der Waals surface area contributed by atoms with Crippen LogP contribution in [0.2, 0.25) is 0 Å². The number of para-hydroxylation sites is 4. The van der Waals surface area contributed by atoms with Gasteiger partial charge in [0.15, 0.2) is 11.2 Å². The average Bonchev–Trinajstić information content (AvgIpc) is 3.98. The van der Waals surface area contributed by atoms with Crippen LogP contribution in [0.25, 0.3) is 87.7 Å². The van der Waals surface area contributed by atoms with Crippen LogP contribution in [0.15, 0.2) is 239 Å². The van der Waals surface area contributed by atoms with Crippen LogP contribution in [0, 0.1) is 0 Å². The second kappa shape index (κ2) is 17.4. The third kappa shape index (κ3) is 7.68. The normalized spacial score (nSPS) is 12.2. The van der Waals surface area contributed by atoms with Gasteiger partial charge in [-0.1, -0.05) is 187 Å². The highest BCUT2D eigenvalue weighted by Crippen LogP contribution is 2.49. The van der Waals surface area contributed by atoms with E-state index in [1.165, 1.54) is 33.4 Å². The maximum absolute atomic E-state index is 6.93. The van der Waals surface area contributed by atoms with E-state index in [-0.39, 0.29) is 10.8 Å². The molecule has 74 heavy (non-hydrogen) atoms. The lowest BCUT2D eigenvalue weighted by atomic mass is 9.85. The van der Waals surface area contributed by atoms with Gasteiger partial charge in [0.2, 0.25) is 0 Å². The zero-order chi connectivity index (χ0) is 50.3. The lowest BCUT2D eigenvalue weighted by Crippen LogP contribution is -2.19. The molecule has 0 atom stereocenters. The lowest BCUT2D eigenvalue weighted by molar-refractivity contribution is 0.590. The fourth-order valence-corrected chi connectivity index (χ4v) is 11.3. The van der Waals surface area contributed by atoms with Crippen LogP contribution in [0.1, 0.15) is 52.7 Å². The topological polar surface area (TPSA) is 32.8 Å². The summed E-state index contributed by atoms with van der Waals surface area (Å²) < 4.78 is 13.9. The van der Waals surface area contributed by atoms with Gasteiger partial charge in [-0.15, -0.1) is 0 Å². The number of anilines is 6. The Bertz CT molecular complexity index is 4000. The Balaban J connectivity index is 0.944. The third-order valence-corrected chi connectivity index (χ3v) is 14.8. The summed E-state index contributed by atoms with van der Waals surface area (Å²) in [6.07, 6.45) is 0. The van der Waals surface area contributed by atoms with E-state index in [9.17, 15) is 0 Å². The Morgan fingerprint density at radius 2 is 0.662 bits per heavy atom. The van der Waals surface area contributed by atoms with Crippen LogP contribution >= 0.6 is 0 Å². The van der Waals surface area contributed by atoms with E-state index in [2.05, 4.69) is 282 Å². The first-order valence-electron chi connectivity index (χ1n) is 25.7. The summed E-state index contributed by atoms with van der Waals surface area (Å²) in [4.78, 5) is 4.87. The molecule has 0 aliphatic rings. The molecule has 2 aromatic heterocycles. The number of benzene rings is 11. The fraction of sp³-hybridized carbons (Fsp3) is 0.114. The number of rotatable bonds is 8. The van der Waals surface area contributed by atoms with Crippen LogP contribution in [0.4, 0.5) is 34.1 Å². The minimum atomic E-state index is -0.0961. The smallest absolute Gasteiger partial charge is 0.178 e. The van der Waals surface area contributed by atoms with E-state index in [4.69, 9.17) is 8.83 Å². The van der Waals surface area contributed by atoms with Gasteiger partial charge in [-0.25, -0.2) is 0 Å². The molecule has 358 valence electrons. The molecule has 4 nitrogen and oxygen atoms in total. The quantitative estimate of drug-likeness (QED) is 0.152. The molecule has 13 aromatic rings. The number of nitrogens with zero attached hydrogens (tertiary/aromatic N) is 2. The maximum atomic E-state index is 6.93. The van der Waals surface area contributed by atoms with Crippen molar-refractivity contribution in [3.63, 3.8) is 0 Å². The fourth-order valence-electron chi connectivity index (χ4n) is 11.3. The highest BCUT2D eigenvalue weighted by atomic mass is 16.4. The van der Waals surface area contributed by atoms with Crippen molar-refractivity contribution in [3.05, 3.63) is 242 Å². The summed E-state index contributed by atoms with van der Waals surface area (Å²) in [7, 11) is 0. The summed E-state index contributed by atoms with van der Waals surface area (Å²) in [5, 5.41) is 8.67. The molecule has 0 bridgehead atoms. The van der Waals surface area contributed by atoms with Crippen molar-refractivity contribution in [2.75, 3.05) is 9.80 Å². The predicted octanol–water partition coefficient (Wildman–Crippen LogP) is 20.7. The molecule has 0 aliphatic heterocycles. The van der Waals surface area contributed by atoms with Crippen molar-refractivity contribution in [3.8, 4) is 22.3 Å². The molecule has 0 saturated heterocycles. The van der Waals surface area contributed by atoms with Gasteiger partial charge in [0.05, 0.1) is 11.4 Å². The van der Waals surface area contributed by atoms with Crippen LogP contribution in [0.3, 0.4) is 0 Å². The number of fused-ring (bicyclic) bond motifs is 9. The Morgan fingerprint density at radius 3 is 1.07 bits per heavy atom. The monoisotopic (exact) mass is 956 g/mol. The van der Waals surface area contributed by atoms with Crippen molar-refractivity contribution in [1.29, 1.82) is 0 Å². The Morgan fingerprint density at radius 1 is 0.297 bits per heavy atom. The maximum Gasteiger partial charge on any atom is 0.178 e. The summed E-state index contributed by atoms with van der Waals surface area (Å²) >= 11 is 0. The summed E-state index contributed by atoms with van der Waals surface area (Å²) in [5.41, 5.74) is 16.9. The van der Waals surface area contributed by atoms with E-state index in [1.807, 2.05) is 0 Å². The SMILES string of the molecule is CC(C)(C)c1ccccc1N(c1ccc2cc3c(cc2c1)oc1c3ccc2c3cc4ccc(N(c5ccccc5-c5ccccc5)c5ccccc5C(C)(C)C)cc4cc3oc21)c1ccccc1-c1ccccc1. The van der Waals surface area contributed by atoms with Gasteiger partial charge in [-0.2, -0.15) is 0 Å². The van der Waals surface area contributed by atoms with Gasteiger partial charge in [0.25, 0.3) is 0 Å². The van der Waals surface area contributed by atoms with Gasteiger partial charge in [-0.05, 0) is 140 Å². The zero-order valence-corrected chi connectivity index (χ0v) is 42.7. The number of hydrogen-bond acceptors (Lipinski definition) is 4. The molecular weight excluding hydrogens is 901 g/mol. The molecule has 0 radical (unpaired) electrons. The lowest BCUT2D eigenvalue weighted by Gasteiger charge is -2.33. The van der Waals surface area contributed by atoms with Crippen molar-refractivity contribution in [1.82, 2.24) is 0 Å². The van der Waals surface area contributed by atoms with Crippen LogP contribution < -0.4 is 9.80 Å². The standard InChI is InChI=1S/C70H56N2O2/c1-69(2,3)59-27-15-19-31-63(59)71(61-29-17-13-25-53(61)45-21-9-7-10-22-45)51-35-33-47-41-57-55-37-38-56-58-42-48-34-36-52(40-50(48)44-66(58)74-68(56)67(55)73-65(57)43-49(47)39-51)72(64-32-20-16-28-60(64)70(4,5)6)62-30-18-14-26-54(62)46-23-11-8-12-24-46/h7-44H,1-6H3. The van der Waals surface area contributed by atoms with Gasteiger partial charge in [-0.3, -0.25) is 0 Å². The Kier molecular flexibility index (Phi) is 10.6. The molecule has 13 rings (SSSR count). The number of hydrogen-bond donors (Lipinski definition) is 0. The van der Waals surface area contributed by atoms with Crippen molar-refractivity contribution >= 4 is 99.5 Å². The van der Waals surface area contributed by atoms with Crippen LogP contribution in [-0.4, -0.2) is 0 Å². The molecule has 0 aliphatic carbocycles. The largest absolute Gasteiger partial charge is 0.452 e. The first kappa shape index (κ1) is 45.0. The molecule has 11 aromatic carbocycles. The van der Waals surface area contributed by atoms with E-state index in [0.717, 1.165) is 99.5 Å². The first-order valence-corrected chi connectivity index (χ1v) is 25.7. The predicted molar refractivity (Wildman–Crippen MR) is 314 cm³/mol. The molecule has 0 saturated carbocycles. The molecule has 0 spiro atoms. The summed E-state index contributed by atoms with van der Waals surface area (Å²) in [6.45, 7) is 13.7. The van der Waals surface area contributed by atoms with Gasteiger partial charge >= 0.3 is 0 Å². The molecule has 0 fully saturated rings. The second-order valence-corrected chi connectivity index (χ2v) is 21.8. The highest BCUT2D eigenvalue weighted by molar-refractivity contribution is 6.21. The Labute approximate surface area is 432 Å². The van der Waals surface area contributed by atoms with Gasteiger partial charge in [0, 0.05) is 55.4 Å². The second-order valence-electron chi connectivity index (χ2n) is 21.8. The van der Waals surface area contributed by atoms with Crippen molar-refractivity contribution in [2.24, 2.45) is 0 Å². The third-order valence-electron chi connectivity index (χ3n) is 14.8. The zero-order valence-electron chi connectivity index (χ0n) is 42.7. The molecular formula is C70H56N2O2. The molecule has 0 unspecified atom stereocenters. The average molecular weight is 957 g/mol. The van der Waals surface area contributed by atoms with E-state index >= 15 is 0 Å². The Hall–Kier alpha value is -8.86. The minimum absolute atomic E-state index is 0.0961. The first-order chi connectivity index (χ1) is 36.0. The van der Waals surface area contributed by atoms with E-state index in [1.54, 1.807) is 0 Å². The molecule has 4 heteroatoms. The van der Waals surface area contributed by atoms with E-state index in [0.29, 0.717) is 0 Å². The van der Waals surface area contributed by atoms with Crippen LogP contribution in [0.5, 0.6) is 0 Å². The summed E-state index contributed by atoms with van der Waals surface area (Å²) in [6, 6.07) is 83.5. The summed E-state index contributed by atoms with van der Waals surface area (Å²) in [5.74, 6) is 0. The van der Waals surface area contributed by atoms with Crippen molar-refractivity contribution < 1.29 is 8.83 Å². The van der Waals surface area contributed by atoms with Gasteiger partial charge in [0.1, 0.15) is 11.2 Å². The molecule has 2 heterocycles. The molecule has 0 amide bonds. The minimum Gasteiger partial charge on any atom is -0.452 e. The van der Waals surface area contributed by atoms with E-state index < -0.39 is 0 Å².